The van der Waals surface area contributed by atoms with Gasteiger partial charge < -0.3 is 19.5 Å². The normalized spacial score (nSPS) is 10.4. The van der Waals surface area contributed by atoms with Crippen molar-refractivity contribution in [2.75, 3.05) is 25.6 Å². The van der Waals surface area contributed by atoms with Crippen LogP contribution in [0.5, 0.6) is 17.2 Å². The largest absolute Gasteiger partial charge is 0.494 e. The van der Waals surface area contributed by atoms with Crippen molar-refractivity contribution < 1.29 is 19.0 Å². The van der Waals surface area contributed by atoms with E-state index in [0.717, 1.165) is 35.8 Å². The maximum Gasteiger partial charge on any atom is 0.224 e. The number of ether oxygens (including phenoxy) is 3. The number of amides is 1. The Morgan fingerprint density at radius 1 is 0.964 bits per heavy atom. The smallest absolute Gasteiger partial charge is 0.224 e. The first-order valence-corrected chi connectivity index (χ1v) is 9.98. The molecule has 5 nitrogen and oxygen atoms in total. The van der Waals surface area contributed by atoms with E-state index < -0.39 is 0 Å². The van der Waals surface area contributed by atoms with E-state index in [1.165, 1.54) is 12.8 Å². The zero-order valence-electron chi connectivity index (χ0n) is 17.1. The van der Waals surface area contributed by atoms with Crippen LogP contribution >= 0.6 is 0 Å². The van der Waals surface area contributed by atoms with Gasteiger partial charge in [0.05, 0.1) is 20.3 Å². The molecule has 5 heteroatoms. The zero-order chi connectivity index (χ0) is 20.2. The van der Waals surface area contributed by atoms with E-state index in [-0.39, 0.29) is 5.91 Å². The van der Waals surface area contributed by atoms with Gasteiger partial charge in [0.2, 0.25) is 5.91 Å². The summed E-state index contributed by atoms with van der Waals surface area (Å²) >= 11 is 0. The van der Waals surface area contributed by atoms with Gasteiger partial charge in [-0.2, -0.15) is 0 Å². The van der Waals surface area contributed by atoms with Crippen LogP contribution in [0.15, 0.2) is 42.5 Å². The minimum atomic E-state index is -0.0236. The molecule has 28 heavy (non-hydrogen) atoms. The third kappa shape index (κ3) is 7.14. The van der Waals surface area contributed by atoms with Crippen LogP contribution in [0.25, 0.3) is 0 Å². The minimum absolute atomic E-state index is 0.0236. The van der Waals surface area contributed by atoms with Crippen LogP contribution < -0.4 is 19.5 Å². The molecule has 0 unspecified atom stereocenters. The average molecular weight is 386 g/mol. The Kier molecular flexibility index (Phi) is 9.19. The van der Waals surface area contributed by atoms with Gasteiger partial charge in [0, 0.05) is 12.1 Å². The molecule has 0 atom stereocenters. The summed E-state index contributed by atoms with van der Waals surface area (Å²) in [6.07, 6.45) is 4.44. The maximum atomic E-state index is 12.2. The second-order valence-corrected chi connectivity index (χ2v) is 6.55. The van der Waals surface area contributed by atoms with Crippen molar-refractivity contribution in [2.24, 2.45) is 0 Å². The second kappa shape index (κ2) is 11.9. The number of benzene rings is 2. The van der Waals surface area contributed by atoms with Gasteiger partial charge in [-0.05, 0) is 61.7 Å². The van der Waals surface area contributed by atoms with E-state index in [2.05, 4.69) is 12.2 Å². The summed E-state index contributed by atoms with van der Waals surface area (Å²) in [5.41, 5.74) is 1.81. The van der Waals surface area contributed by atoms with Gasteiger partial charge >= 0.3 is 0 Å². The molecule has 0 heterocycles. The summed E-state index contributed by atoms with van der Waals surface area (Å²) in [5, 5.41) is 2.93. The van der Waals surface area contributed by atoms with E-state index in [1.54, 1.807) is 7.11 Å². The Labute approximate surface area is 168 Å². The highest BCUT2D eigenvalue weighted by Gasteiger charge is 2.08. The van der Waals surface area contributed by atoms with Gasteiger partial charge in [0.1, 0.15) is 5.75 Å². The van der Waals surface area contributed by atoms with E-state index in [0.29, 0.717) is 25.2 Å². The number of anilines is 1. The van der Waals surface area contributed by atoms with Crippen molar-refractivity contribution in [1.82, 2.24) is 0 Å². The number of hydrogen-bond donors (Lipinski definition) is 1. The van der Waals surface area contributed by atoms with E-state index in [4.69, 9.17) is 14.2 Å². The summed E-state index contributed by atoms with van der Waals surface area (Å²) in [6.45, 7) is 5.42. The molecule has 0 spiro atoms. The number of unbranched alkanes of at least 4 members (excludes halogenated alkanes) is 2. The van der Waals surface area contributed by atoms with Crippen molar-refractivity contribution in [3.8, 4) is 17.2 Å². The summed E-state index contributed by atoms with van der Waals surface area (Å²) in [7, 11) is 1.62. The van der Waals surface area contributed by atoms with Gasteiger partial charge in [-0.1, -0.05) is 25.8 Å². The van der Waals surface area contributed by atoms with Gasteiger partial charge in [0.25, 0.3) is 0 Å². The monoisotopic (exact) mass is 385 g/mol. The number of aryl methyl sites for hydroxylation is 1. The van der Waals surface area contributed by atoms with Crippen LogP contribution in [0.2, 0.25) is 0 Å². The molecule has 0 bridgehead atoms. The Morgan fingerprint density at radius 2 is 1.75 bits per heavy atom. The van der Waals surface area contributed by atoms with Crippen molar-refractivity contribution >= 4 is 11.6 Å². The Morgan fingerprint density at radius 3 is 2.43 bits per heavy atom. The molecule has 0 saturated carbocycles. The molecule has 2 aromatic rings. The van der Waals surface area contributed by atoms with Crippen molar-refractivity contribution in [3.05, 3.63) is 48.0 Å². The standard InChI is InChI=1S/C23H31NO4/c1-4-6-7-16-28-20-12-10-19(11-13-20)24-23(25)15-9-18-8-14-21(27-5-2)22(17-18)26-3/h8,10-14,17H,4-7,9,15-16H2,1-3H3,(H,24,25). The predicted octanol–water partition coefficient (Wildman–Crippen LogP) is 5.23. The Bertz CT molecular complexity index is 728. The topological polar surface area (TPSA) is 56.8 Å². The molecule has 0 aliphatic rings. The summed E-state index contributed by atoms with van der Waals surface area (Å²) in [5.74, 6) is 2.21. The van der Waals surface area contributed by atoms with Crippen LogP contribution in [0, 0.1) is 0 Å². The van der Waals surface area contributed by atoms with Crippen LogP contribution in [0.3, 0.4) is 0 Å². The molecular formula is C23H31NO4. The van der Waals surface area contributed by atoms with E-state index >= 15 is 0 Å². The molecule has 0 aromatic heterocycles. The van der Waals surface area contributed by atoms with Crippen LogP contribution in [-0.2, 0) is 11.2 Å². The molecule has 0 radical (unpaired) electrons. The first kappa shape index (κ1) is 21.6. The number of hydrogen-bond acceptors (Lipinski definition) is 4. The lowest BCUT2D eigenvalue weighted by atomic mass is 10.1. The van der Waals surface area contributed by atoms with Crippen LogP contribution in [-0.4, -0.2) is 26.2 Å². The molecule has 2 rings (SSSR count). The van der Waals surface area contributed by atoms with Crippen LogP contribution in [0.4, 0.5) is 5.69 Å². The summed E-state index contributed by atoms with van der Waals surface area (Å²) in [4.78, 5) is 12.2. The lowest BCUT2D eigenvalue weighted by Gasteiger charge is -2.11. The van der Waals surface area contributed by atoms with Gasteiger partial charge in [-0.15, -0.1) is 0 Å². The lowest BCUT2D eigenvalue weighted by Crippen LogP contribution is -2.12. The molecule has 1 N–H and O–H groups in total. The van der Waals surface area contributed by atoms with Crippen LogP contribution in [0.1, 0.15) is 45.1 Å². The number of carbonyl (C=O) groups is 1. The fourth-order valence-corrected chi connectivity index (χ4v) is 2.80. The first-order chi connectivity index (χ1) is 13.7. The summed E-state index contributed by atoms with van der Waals surface area (Å²) < 4.78 is 16.6. The number of rotatable bonds is 12. The van der Waals surface area contributed by atoms with Gasteiger partial charge in [-0.25, -0.2) is 0 Å². The number of carbonyl (C=O) groups excluding carboxylic acids is 1. The summed E-state index contributed by atoms with van der Waals surface area (Å²) in [6, 6.07) is 13.3. The fraction of sp³-hybridized carbons (Fsp3) is 0.435. The second-order valence-electron chi connectivity index (χ2n) is 6.55. The first-order valence-electron chi connectivity index (χ1n) is 9.98. The number of nitrogens with one attached hydrogen (secondary N) is 1. The molecule has 152 valence electrons. The quantitative estimate of drug-likeness (QED) is 0.508. The maximum absolute atomic E-state index is 12.2. The van der Waals surface area contributed by atoms with Crippen molar-refractivity contribution in [2.45, 2.75) is 46.0 Å². The minimum Gasteiger partial charge on any atom is -0.494 e. The molecule has 0 aliphatic heterocycles. The Hall–Kier alpha value is -2.69. The van der Waals surface area contributed by atoms with E-state index in [1.807, 2.05) is 49.4 Å². The Balaban J connectivity index is 1.80. The predicted molar refractivity (Wildman–Crippen MR) is 113 cm³/mol. The molecule has 1 amide bonds. The highest BCUT2D eigenvalue weighted by atomic mass is 16.5. The van der Waals surface area contributed by atoms with E-state index in [9.17, 15) is 4.79 Å². The van der Waals surface area contributed by atoms with Gasteiger partial charge in [-0.3, -0.25) is 4.79 Å². The third-order valence-corrected chi connectivity index (χ3v) is 4.32. The average Bonchev–Trinajstić information content (AvgIpc) is 2.72. The molecular weight excluding hydrogens is 354 g/mol. The highest BCUT2D eigenvalue weighted by Crippen LogP contribution is 2.28. The zero-order valence-corrected chi connectivity index (χ0v) is 17.1. The molecule has 2 aromatic carbocycles. The third-order valence-electron chi connectivity index (χ3n) is 4.32. The SMILES string of the molecule is CCCCCOc1ccc(NC(=O)CCc2ccc(OCC)c(OC)c2)cc1. The molecule has 0 fully saturated rings. The molecule has 0 saturated heterocycles. The fourth-order valence-electron chi connectivity index (χ4n) is 2.80. The van der Waals surface area contributed by atoms with Gasteiger partial charge in [0.15, 0.2) is 11.5 Å². The highest BCUT2D eigenvalue weighted by molar-refractivity contribution is 5.90. The lowest BCUT2D eigenvalue weighted by molar-refractivity contribution is -0.116. The van der Waals surface area contributed by atoms with Crippen molar-refractivity contribution in [1.29, 1.82) is 0 Å². The molecule has 0 aliphatic carbocycles. The van der Waals surface area contributed by atoms with Crippen molar-refractivity contribution in [3.63, 3.8) is 0 Å². The number of methoxy groups -OCH3 is 1.